The standard InChI is InChI=1S/C19H20F3N3O2S/c20-19(21,22)13-6-4-12(5-7-13)15-3-1-2-9-25(15)11-16(26)24-18-14(17(23)27)8-10-28-18/h4-8,10,15H,1-3,9,11H2,(H2,23,27)(H,24,26). The number of thiophene rings is 1. The molecule has 3 rings (SSSR count). The minimum atomic E-state index is -4.37. The van der Waals surface area contributed by atoms with E-state index in [0.717, 1.165) is 37.0 Å². The van der Waals surface area contributed by atoms with Gasteiger partial charge in [-0.25, -0.2) is 0 Å². The van der Waals surface area contributed by atoms with E-state index in [0.29, 0.717) is 11.5 Å². The Morgan fingerprint density at radius 1 is 1.18 bits per heavy atom. The van der Waals surface area contributed by atoms with Gasteiger partial charge in [0, 0.05) is 6.04 Å². The summed E-state index contributed by atoms with van der Waals surface area (Å²) in [5, 5.41) is 4.78. The lowest BCUT2D eigenvalue weighted by Crippen LogP contribution is -2.39. The van der Waals surface area contributed by atoms with Gasteiger partial charge in [0.2, 0.25) is 5.91 Å². The molecule has 0 spiro atoms. The summed E-state index contributed by atoms with van der Waals surface area (Å²) in [7, 11) is 0. The number of rotatable bonds is 5. The van der Waals surface area contributed by atoms with Gasteiger partial charge in [-0.1, -0.05) is 18.6 Å². The molecule has 1 aliphatic rings. The first-order valence-corrected chi connectivity index (χ1v) is 9.72. The number of primary amides is 1. The van der Waals surface area contributed by atoms with Crippen LogP contribution in [-0.4, -0.2) is 29.8 Å². The molecule has 1 aromatic heterocycles. The smallest absolute Gasteiger partial charge is 0.366 e. The fraction of sp³-hybridized carbons (Fsp3) is 0.368. The molecule has 2 amide bonds. The largest absolute Gasteiger partial charge is 0.416 e. The van der Waals surface area contributed by atoms with E-state index in [4.69, 9.17) is 5.73 Å². The number of likely N-dealkylation sites (tertiary alicyclic amines) is 1. The summed E-state index contributed by atoms with van der Waals surface area (Å²) >= 11 is 1.21. The van der Waals surface area contributed by atoms with E-state index in [1.807, 2.05) is 4.90 Å². The molecule has 2 aromatic rings. The summed E-state index contributed by atoms with van der Waals surface area (Å²) in [4.78, 5) is 25.8. The summed E-state index contributed by atoms with van der Waals surface area (Å²) in [6.45, 7) is 0.758. The number of nitrogens with two attached hydrogens (primary N) is 1. The molecule has 3 N–H and O–H groups in total. The molecule has 150 valence electrons. The van der Waals surface area contributed by atoms with Gasteiger partial charge in [-0.15, -0.1) is 11.3 Å². The predicted molar refractivity (Wildman–Crippen MR) is 101 cm³/mol. The van der Waals surface area contributed by atoms with Crippen LogP contribution in [-0.2, 0) is 11.0 Å². The highest BCUT2D eigenvalue weighted by molar-refractivity contribution is 7.14. The van der Waals surface area contributed by atoms with Crippen LogP contribution in [0.15, 0.2) is 35.7 Å². The Kier molecular flexibility index (Phi) is 6.04. The molecule has 1 aliphatic heterocycles. The zero-order valence-electron chi connectivity index (χ0n) is 15.0. The fourth-order valence-corrected chi connectivity index (χ4v) is 4.21. The molecule has 1 aromatic carbocycles. The quantitative estimate of drug-likeness (QED) is 0.780. The number of nitrogens with one attached hydrogen (secondary N) is 1. The SMILES string of the molecule is NC(=O)c1ccsc1NC(=O)CN1CCCCC1c1ccc(C(F)(F)F)cc1. The first kappa shape index (κ1) is 20.3. The number of hydrogen-bond acceptors (Lipinski definition) is 4. The molecule has 0 aliphatic carbocycles. The number of anilines is 1. The summed E-state index contributed by atoms with van der Waals surface area (Å²) in [5.74, 6) is -0.902. The van der Waals surface area contributed by atoms with Gasteiger partial charge in [-0.05, 0) is 48.5 Å². The molecule has 1 unspecified atom stereocenters. The van der Waals surface area contributed by atoms with Crippen molar-refractivity contribution in [1.29, 1.82) is 0 Å². The van der Waals surface area contributed by atoms with Crippen LogP contribution in [0.3, 0.4) is 0 Å². The van der Waals surface area contributed by atoms with Gasteiger partial charge >= 0.3 is 6.18 Å². The molecule has 0 radical (unpaired) electrons. The van der Waals surface area contributed by atoms with Crippen molar-refractivity contribution < 1.29 is 22.8 Å². The summed E-state index contributed by atoms with van der Waals surface area (Å²) in [5.41, 5.74) is 5.62. The number of nitrogens with zero attached hydrogens (tertiary/aromatic N) is 1. The maximum absolute atomic E-state index is 12.8. The highest BCUT2D eigenvalue weighted by atomic mass is 32.1. The Balaban J connectivity index is 1.70. The van der Waals surface area contributed by atoms with Crippen molar-refractivity contribution in [1.82, 2.24) is 4.90 Å². The molecule has 9 heteroatoms. The lowest BCUT2D eigenvalue weighted by Gasteiger charge is -2.35. The maximum Gasteiger partial charge on any atom is 0.416 e. The van der Waals surface area contributed by atoms with Crippen LogP contribution in [0.2, 0.25) is 0 Å². The average Bonchev–Trinajstić information content (AvgIpc) is 3.10. The first-order valence-electron chi connectivity index (χ1n) is 8.84. The van der Waals surface area contributed by atoms with Crippen molar-refractivity contribution in [3.63, 3.8) is 0 Å². The van der Waals surface area contributed by atoms with Gasteiger partial charge < -0.3 is 11.1 Å². The second kappa shape index (κ2) is 8.32. The van der Waals surface area contributed by atoms with Gasteiger partial charge in [0.1, 0.15) is 5.00 Å². The maximum atomic E-state index is 12.8. The van der Waals surface area contributed by atoms with E-state index < -0.39 is 17.6 Å². The molecule has 1 atom stereocenters. The minimum absolute atomic E-state index is 0.0851. The Labute approximate surface area is 164 Å². The second-order valence-corrected chi connectivity index (χ2v) is 7.59. The van der Waals surface area contributed by atoms with Crippen molar-refractivity contribution in [3.05, 3.63) is 52.4 Å². The molecule has 1 fully saturated rings. The number of carbonyl (C=O) groups excluding carboxylic acids is 2. The first-order chi connectivity index (χ1) is 13.3. The van der Waals surface area contributed by atoms with E-state index in [2.05, 4.69) is 5.32 Å². The molecule has 28 heavy (non-hydrogen) atoms. The van der Waals surface area contributed by atoms with Crippen molar-refractivity contribution in [2.45, 2.75) is 31.5 Å². The van der Waals surface area contributed by atoms with Gasteiger partial charge in [0.15, 0.2) is 0 Å². The fourth-order valence-electron chi connectivity index (χ4n) is 3.40. The van der Waals surface area contributed by atoms with Gasteiger partial charge in [-0.2, -0.15) is 13.2 Å². The van der Waals surface area contributed by atoms with Crippen LogP contribution in [0.25, 0.3) is 0 Å². The number of piperidine rings is 1. The van der Waals surface area contributed by atoms with Gasteiger partial charge in [0.25, 0.3) is 5.91 Å². The molecular formula is C19H20F3N3O2S. The number of benzene rings is 1. The Hall–Kier alpha value is -2.39. The number of hydrogen-bond donors (Lipinski definition) is 2. The third-order valence-electron chi connectivity index (χ3n) is 4.77. The van der Waals surface area contributed by atoms with Crippen molar-refractivity contribution in [2.75, 3.05) is 18.4 Å². The lowest BCUT2D eigenvalue weighted by atomic mass is 9.94. The highest BCUT2D eigenvalue weighted by Gasteiger charge is 2.31. The Morgan fingerprint density at radius 3 is 2.54 bits per heavy atom. The zero-order valence-corrected chi connectivity index (χ0v) is 15.8. The highest BCUT2D eigenvalue weighted by Crippen LogP contribution is 2.34. The number of halogens is 3. The normalized spacial score (nSPS) is 18.0. The van der Waals surface area contributed by atoms with E-state index in [1.165, 1.54) is 23.5 Å². The third kappa shape index (κ3) is 4.71. The average molecular weight is 411 g/mol. The molecule has 2 heterocycles. The van der Waals surface area contributed by atoms with E-state index >= 15 is 0 Å². The summed E-state index contributed by atoms with van der Waals surface area (Å²) < 4.78 is 38.4. The topological polar surface area (TPSA) is 75.4 Å². The van der Waals surface area contributed by atoms with E-state index in [-0.39, 0.29) is 24.1 Å². The van der Waals surface area contributed by atoms with Crippen LogP contribution < -0.4 is 11.1 Å². The number of carbonyl (C=O) groups is 2. The van der Waals surface area contributed by atoms with Gasteiger partial charge in [-0.3, -0.25) is 14.5 Å². The molecule has 0 saturated carbocycles. The third-order valence-corrected chi connectivity index (χ3v) is 5.60. The molecular weight excluding hydrogens is 391 g/mol. The predicted octanol–water partition coefficient (Wildman–Crippen LogP) is 4.03. The molecule has 5 nitrogen and oxygen atoms in total. The van der Waals surface area contributed by atoms with Crippen LogP contribution >= 0.6 is 11.3 Å². The second-order valence-electron chi connectivity index (χ2n) is 6.68. The van der Waals surface area contributed by atoms with Crippen LogP contribution in [0.4, 0.5) is 18.2 Å². The van der Waals surface area contributed by atoms with E-state index in [9.17, 15) is 22.8 Å². The van der Waals surface area contributed by atoms with Crippen LogP contribution in [0.5, 0.6) is 0 Å². The van der Waals surface area contributed by atoms with Crippen LogP contribution in [0.1, 0.15) is 46.8 Å². The summed E-state index contributed by atoms with van der Waals surface area (Å²) in [6, 6.07) is 6.54. The lowest BCUT2D eigenvalue weighted by molar-refractivity contribution is -0.137. The van der Waals surface area contributed by atoms with E-state index in [1.54, 1.807) is 11.4 Å². The monoisotopic (exact) mass is 411 g/mol. The number of alkyl halides is 3. The molecule has 0 bridgehead atoms. The van der Waals surface area contributed by atoms with Gasteiger partial charge in [0.05, 0.1) is 17.7 Å². The van der Waals surface area contributed by atoms with Crippen molar-refractivity contribution in [2.24, 2.45) is 5.73 Å². The molecule has 1 saturated heterocycles. The Bertz CT molecular complexity index is 849. The van der Waals surface area contributed by atoms with Crippen molar-refractivity contribution >= 4 is 28.2 Å². The van der Waals surface area contributed by atoms with Crippen LogP contribution in [0, 0.1) is 0 Å². The minimum Gasteiger partial charge on any atom is -0.366 e. The Morgan fingerprint density at radius 2 is 1.89 bits per heavy atom. The van der Waals surface area contributed by atoms with Crippen molar-refractivity contribution in [3.8, 4) is 0 Å². The number of amides is 2. The zero-order chi connectivity index (χ0) is 20.3. The summed E-state index contributed by atoms with van der Waals surface area (Å²) in [6.07, 6.45) is -1.75.